The predicted molar refractivity (Wildman–Crippen MR) is 392 cm³/mol. The number of aliphatic hydroxyl groups excluding tert-OH is 11. The zero-order valence-electron chi connectivity index (χ0n) is 61.2. The minimum atomic E-state index is -1.98. The first-order valence-corrected chi connectivity index (χ1v) is 39.3. The van der Waals surface area contributed by atoms with Crippen LogP contribution in [0.15, 0.2) is 85.1 Å². The van der Waals surface area contributed by atoms with Gasteiger partial charge in [-0.3, -0.25) is 4.79 Å². The van der Waals surface area contributed by atoms with Crippen LogP contribution in [0.5, 0.6) is 0 Å². The number of allylic oxidation sites excluding steroid dienone is 13. The van der Waals surface area contributed by atoms with E-state index in [0.717, 1.165) is 70.6 Å². The van der Waals surface area contributed by atoms with Gasteiger partial charge in [0.15, 0.2) is 18.9 Å². The Balaban J connectivity index is 1.35. The van der Waals surface area contributed by atoms with Gasteiger partial charge in [-0.15, -0.1) is 0 Å². The Morgan fingerprint density at radius 3 is 1.13 bits per heavy atom. The summed E-state index contributed by atoms with van der Waals surface area (Å²) in [5, 5.41) is 121. The van der Waals surface area contributed by atoms with Crippen LogP contribution in [-0.4, -0.2) is 193 Å². The van der Waals surface area contributed by atoms with Gasteiger partial charge in [0.2, 0.25) is 5.91 Å². The maximum Gasteiger partial charge on any atom is 0.220 e. The van der Waals surface area contributed by atoms with Crippen molar-refractivity contribution in [3.8, 4) is 0 Å². The number of unbranched alkanes of at least 4 members (excludes halogenated alkanes) is 33. The summed E-state index contributed by atoms with van der Waals surface area (Å²) in [7, 11) is 0. The molecule has 0 aromatic heterocycles. The molecule has 99 heavy (non-hydrogen) atoms. The molecule has 12 N–H and O–H groups in total. The van der Waals surface area contributed by atoms with Crippen LogP contribution >= 0.6 is 0 Å². The molecule has 0 bridgehead atoms. The van der Waals surface area contributed by atoms with Gasteiger partial charge in [0, 0.05) is 6.42 Å². The Morgan fingerprint density at radius 1 is 0.374 bits per heavy atom. The van der Waals surface area contributed by atoms with Crippen molar-refractivity contribution in [1.29, 1.82) is 0 Å². The molecule has 17 atom stereocenters. The summed E-state index contributed by atoms with van der Waals surface area (Å²) >= 11 is 0. The summed E-state index contributed by atoms with van der Waals surface area (Å²) in [6.45, 7) is 1.61. The maximum atomic E-state index is 13.5. The number of amides is 1. The van der Waals surface area contributed by atoms with E-state index < -0.39 is 124 Å². The molecular formula is C80H141NO18. The first kappa shape index (κ1) is 90.2. The van der Waals surface area contributed by atoms with E-state index in [1.807, 2.05) is 6.08 Å². The summed E-state index contributed by atoms with van der Waals surface area (Å²) in [4.78, 5) is 13.5. The summed E-state index contributed by atoms with van der Waals surface area (Å²) in [5.74, 6) is -0.287. The largest absolute Gasteiger partial charge is 0.394 e. The predicted octanol–water partition coefficient (Wildman–Crippen LogP) is 12.6. The van der Waals surface area contributed by atoms with Gasteiger partial charge in [-0.1, -0.05) is 279 Å². The molecule has 17 unspecified atom stereocenters. The number of rotatable bonds is 61. The molecular weight excluding hydrogens is 1260 g/mol. The first-order chi connectivity index (χ1) is 48.3. The highest BCUT2D eigenvalue weighted by molar-refractivity contribution is 5.76. The minimum absolute atomic E-state index is 0.232. The lowest BCUT2D eigenvalue weighted by Gasteiger charge is -2.48. The Bertz CT molecular complexity index is 2120. The quantitative estimate of drug-likeness (QED) is 0.0199. The van der Waals surface area contributed by atoms with Gasteiger partial charge < -0.3 is 89.9 Å². The van der Waals surface area contributed by atoms with E-state index in [1.165, 1.54) is 180 Å². The van der Waals surface area contributed by atoms with E-state index in [1.54, 1.807) is 6.08 Å². The van der Waals surface area contributed by atoms with Gasteiger partial charge in [-0.2, -0.15) is 0 Å². The van der Waals surface area contributed by atoms with Crippen LogP contribution in [0.3, 0.4) is 0 Å². The maximum absolute atomic E-state index is 13.5. The van der Waals surface area contributed by atoms with Crippen LogP contribution in [0.4, 0.5) is 0 Å². The molecule has 3 aliphatic heterocycles. The standard InChI is InChI=1S/C80H141NO18/c1-3-5-7-9-11-13-15-17-19-21-23-24-25-26-27-28-29-30-31-32-33-34-35-36-37-38-40-42-44-46-48-50-52-54-56-58-68(86)81-63(64(85)57-55-53-51-49-47-45-43-41-39-22-20-18-16-14-12-10-8-6-4-2)62-94-78-74(92)71(89)76(66(60-83)96-78)99-80-75(93)72(90)77(67(61-84)97-80)98-79-73(91)70(88)69(87)65(59-82)95-79/h5,7,11,13,17,19,23-24,39,41,47,49,55,57,63-67,69-80,82-85,87-93H,3-4,6,8-10,12,14-16,18,20-22,25-38,40,42-46,48,50-54,56,58-62H2,1-2H3,(H,81,86)/b7-5-,13-11-,19-17-,24-23-,41-39+,49-47+,57-55+. The Morgan fingerprint density at radius 2 is 0.707 bits per heavy atom. The molecule has 3 saturated heterocycles. The molecule has 574 valence electrons. The number of hydrogen-bond donors (Lipinski definition) is 12. The fourth-order valence-corrected chi connectivity index (χ4v) is 12.9. The van der Waals surface area contributed by atoms with Crippen LogP contribution in [0.2, 0.25) is 0 Å². The highest BCUT2D eigenvalue weighted by atomic mass is 16.8. The first-order valence-electron chi connectivity index (χ1n) is 39.3. The number of ether oxygens (including phenoxy) is 6. The van der Waals surface area contributed by atoms with Crippen molar-refractivity contribution in [3.05, 3.63) is 85.1 Å². The van der Waals surface area contributed by atoms with Gasteiger partial charge in [-0.25, -0.2) is 0 Å². The third kappa shape index (κ3) is 40.7. The molecule has 0 aromatic carbocycles. The van der Waals surface area contributed by atoms with Crippen molar-refractivity contribution in [2.45, 2.75) is 388 Å². The van der Waals surface area contributed by atoms with Gasteiger partial charge in [0.1, 0.15) is 73.2 Å². The minimum Gasteiger partial charge on any atom is -0.394 e. The lowest BCUT2D eigenvalue weighted by atomic mass is 9.96. The molecule has 0 radical (unpaired) electrons. The van der Waals surface area contributed by atoms with Gasteiger partial charge in [-0.05, 0) is 83.5 Å². The average Bonchev–Trinajstić information content (AvgIpc) is 0.784. The topological polar surface area (TPSA) is 307 Å². The van der Waals surface area contributed by atoms with E-state index in [4.69, 9.17) is 28.4 Å². The second kappa shape index (κ2) is 60.3. The second-order valence-corrected chi connectivity index (χ2v) is 27.8. The molecule has 19 nitrogen and oxygen atoms in total. The molecule has 1 amide bonds. The van der Waals surface area contributed by atoms with Crippen LogP contribution < -0.4 is 5.32 Å². The molecule has 0 saturated carbocycles. The van der Waals surface area contributed by atoms with Crippen LogP contribution in [0.25, 0.3) is 0 Å². The molecule has 0 aliphatic carbocycles. The molecule has 3 rings (SSSR count). The smallest absolute Gasteiger partial charge is 0.220 e. The van der Waals surface area contributed by atoms with Crippen molar-refractivity contribution >= 4 is 5.91 Å². The Hall–Kier alpha value is -3.03. The van der Waals surface area contributed by atoms with E-state index in [9.17, 15) is 61.0 Å². The zero-order valence-corrected chi connectivity index (χ0v) is 61.2. The van der Waals surface area contributed by atoms with Gasteiger partial charge in [0.05, 0.1) is 38.6 Å². The zero-order chi connectivity index (χ0) is 71.8. The van der Waals surface area contributed by atoms with Gasteiger partial charge >= 0.3 is 0 Å². The van der Waals surface area contributed by atoms with Crippen molar-refractivity contribution in [1.82, 2.24) is 5.32 Å². The van der Waals surface area contributed by atoms with E-state index >= 15 is 0 Å². The third-order valence-electron chi connectivity index (χ3n) is 19.2. The normalized spacial score (nSPS) is 27.1. The lowest BCUT2D eigenvalue weighted by Crippen LogP contribution is -2.66. The summed E-state index contributed by atoms with van der Waals surface area (Å²) in [5.41, 5.74) is 0. The molecule has 0 spiro atoms. The Labute approximate surface area is 597 Å². The third-order valence-corrected chi connectivity index (χ3v) is 19.2. The fraction of sp³-hybridized carbons (Fsp3) is 0.812. The van der Waals surface area contributed by atoms with E-state index in [0.29, 0.717) is 12.8 Å². The molecule has 0 aromatic rings. The van der Waals surface area contributed by atoms with Crippen LogP contribution in [-0.2, 0) is 33.2 Å². The molecule has 3 fully saturated rings. The van der Waals surface area contributed by atoms with E-state index in [-0.39, 0.29) is 18.9 Å². The van der Waals surface area contributed by atoms with Crippen molar-refractivity contribution in [2.24, 2.45) is 0 Å². The number of carbonyl (C=O) groups excluding carboxylic acids is 1. The van der Waals surface area contributed by atoms with Crippen LogP contribution in [0.1, 0.15) is 284 Å². The number of nitrogens with one attached hydrogen (secondary N) is 1. The SMILES string of the molecule is CC/C=C\C/C=C\C/C=C\C/C=C\CCCCCCCCCCCCCCCCCCCCCCCCC(=O)NC(COC1OC(CO)C(OC2OC(CO)C(OC3OC(CO)C(O)C(O)C3O)C(O)C2O)C(O)C1O)C(O)/C=C/CC/C=C/CC/C=C/CCCCCCCCCCC. The molecule has 19 heteroatoms. The number of aliphatic hydroxyl groups is 11. The number of hydrogen-bond acceptors (Lipinski definition) is 18. The summed E-state index contributed by atoms with van der Waals surface area (Å²) < 4.78 is 34.4. The van der Waals surface area contributed by atoms with Crippen molar-refractivity contribution in [3.63, 3.8) is 0 Å². The van der Waals surface area contributed by atoms with Crippen molar-refractivity contribution < 1.29 is 89.4 Å². The summed E-state index contributed by atoms with van der Waals surface area (Å²) in [6.07, 6.45) is 52.9. The lowest BCUT2D eigenvalue weighted by molar-refractivity contribution is -0.379. The Kier molecular flexibility index (Phi) is 54.9. The van der Waals surface area contributed by atoms with E-state index in [2.05, 4.69) is 92.1 Å². The molecule has 3 aliphatic rings. The monoisotopic (exact) mass is 1400 g/mol. The average molecular weight is 1400 g/mol. The fourth-order valence-electron chi connectivity index (χ4n) is 12.9. The highest BCUT2D eigenvalue weighted by Gasteiger charge is 2.53. The number of carbonyl (C=O) groups is 1. The summed E-state index contributed by atoms with van der Waals surface area (Å²) in [6, 6.07) is -0.999. The second-order valence-electron chi connectivity index (χ2n) is 27.8. The van der Waals surface area contributed by atoms with Gasteiger partial charge in [0.25, 0.3) is 0 Å². The highest BCUT2D eigenvalue weighted by Crippen LogP contribution is 2.33. The van der Waals surface area contributed by atoms with Crippen LogP contribution in [0, 0.1) is 0 Å². The van der Waals surface area contributed by atoms with Crippen molar-refractivity contribution in [2.75, 3.05) is 26.4 Å². The molecule has 3 heterocycles.